The highest BCUT2D eigenvalue weighted by Crippen LogP contribution is 2.43. The lowest BCUT2D eigenvalue weighted by atomic mass is 9.85. The number of halogens is 2. The Labute approximate surface area is 163 Å². The van der Waals surface area contributed by atoms with Crippen LogP contribution in [0.25, 0.3) is 0 Å². The number of rotatable bonds is 5. The molecule has 2 saturated heterocycles. The standard InChI is InChI=1S/C16H28BrN2O4.BrH/c1-4-22-14(20)16(15(21)23-5-2)10-13(11-17)19(12-16)8-6-18(3)7-9-19;/h13H,4-12H2,1-3H3;1H/q+1;/p-1. The summed E-state index contributed by atoms with van der Waals surface area (Å²) in [5.41, 5.74) is -1.15. The van der Waals surface area contributed by atoms with Crippen molar-refractivity contribution in [1.29, 1.82) is 0 Å². The second-order valence-corrected chi connectivity index (χ2v) is 7.31. The van der Waals surface area contributed by atoms with Gasteiger partial charge in [0.1, 0.15) is 12.6 Å². The van der Waals surface area contributed by atoms with Crippen LogP contribution in [0, 0.1) is 5.41 Å². The maximum atomic E-state index is 12.7. The highest BCUT2D eigenvalue weighted by molar-refractivity contribution is 9.09. The number of esters is 2. The van der Waals surface area contributed by atoms with Crippen LogP contribution in [-0.2, 0) is 19.1 Å². The van der Waals surface area contributed by atoms with Gasteiger partial charge in [-0.25, -0.2) is 0 Å². The molecular formula is C16H28Br2N2O4. The van der Waals surface area contributed by atoms with Crippen molar-refractivity contribution < 1.29 is 40.5 Å². The quantitative estimate of drug-likeness (QED) is 0.201. The molecule has 2 heterocycles. The molecule has 0 aromatic rings. The molecule has 0 bridgehead atoms. The number of nitrogens with zero attached hydrogens (tertiary/aromatic N) is 2. The predicted octanol–water partition coefficient (Wildman–Crippen LogP) is -1.97. The summed E-state index contributed by atoms with van der Waals surface area (Å²) >= 11 is 3.60. The van der Waals surface area contributed by atoms with E-state index in [1.165, 1.54) is 0 Å². The summed E-state index contributed by atoms with van der Waals surface area (Å²) < 4.78 is 11.3. The number of hydrogen-bond donors (Lipinski definition) is 0. The Morgan fingerprint density at radius 2 is 1.67 bits per heavy atom. The molecule has 0 N–H and O–H groups in total. The first-order valence-electron chi connectivity index (χ1n) is 8.39. The molecule has 2 fully saturated rings. The monoisotopic (exact) mass is 470 g/mol. The predicted molar refractivity (Wildman–Crippen MR) is 90.3 cm³/mol. The molecule has 0 amide bonds. The zero-order valence-electron chi connectivity index (χ0n) is 14.7. The Balaban J connectivity index is 0.00000288. The number of likely N-dealkylation sites (N-methyl/N-ethyl adjacent to an activating group) is 1. The number of carbonyl (C=O) groups is 2. The summed E-state index contributed by atoms with van der Waals surface area (Å²) in [6.07, 6.45) is 0.500. The van der Waals surface area contributed by atoms with E-state index >= 15 is 0 Å². The third-order valence-corrected chi connectivity index (χ3v) is 6.06. The van der Waals surface area contributed by atoms with Crippen molar-refractivity contribution in [2.24, 2.45) is 5.41 Å². The minimum absolute atomic E-state index is 0. The molecular weight excluding hydrogens is 444 g/mol. The maximum Gasteiger partial charge on any atom is 0.329 e. The Kier molecular flexibility index (Phi) is 8.16. The maximum absolute atomic E-state index is 12.7. The molecule has 0 aromatic heterocycles. The lowest BCUT2D eigenvalue weighted by Gasteiger charge is -2.45. The number of carbonyl (C=O) groups excluding carboxylic acids is 2. The fourth-order valence-electron chi connectivity index (χ4n) is 3.93. The van der Waals surface area contributed by atoms with E-state index < -0.39 is 17.4 Å². The van der Waals surface area contributed by atoms with Gasteiger partial charge in [-0.1, -0.05) is 15.9 Å². The van der Waals surface area contributed by atoms with Gasteiger partial charge in [-0.05, 0) is 20.9 Å². The topological polar surface area (TPSA) is 55.8 Å². The summed E-state index contributed by atoms with van der Waals surface area (Å²) in [6, 6.07) is 0.234. The number of piperazine rings is 1. The van der Waals surface area contributed by atoms with Gasteiger partial charge >= 0.3 is 11.9 Å². The molecule has 0 aromatic carbocycles. The van der Waals surface area contributed by atoms with Crippen molar-refractivity contribution in [2.75, 3.05) is 58.3 Å². The second kappa shape index (κ2) is 8.96. The van der Waals surface area contributed by atoms with Crippen LogP contribution in [0.5, 0.6) is 0 Å². The second-order valence-electron chi connectivity index (χ2n) is 6.66. The molecule has 140 valence electrons. The summed E-state index contributed by atoms with van der Waals surface area (Å²) in [5, 5.41) is 0.775. The van der Waals surface area contributed by atoms with E-state index in [4.69, 9.17) is 9.47 Å². The van der Waals surface area contributed by atoms with E-state index in [0.717, 1.165) is 36.0 Å². The number of alkyl halides is 1. The molecule has 6 nitrogen and oxygen atoms in total. The number of ether oxygens (including phenoxy) is 2. The molecule has 1 spiro atoms. The van der Waals surface area contributed by atoms with Crippen molar-refractivity contribution in [3.63, 3.8) is 0 Å². The van der Waals surface area contributed by atoms with Gasteiger partial charge in [-0.2, -0.15) is 0 Å². The Bertz CT molecular complexity index is 435. The van der Waals surface area contributed by atoms with Crippen LogP contribution < -0.4 is 17.0 Å². The third-order valence-electron chi connectivity index (χ3n) is 5.31. The zero-order valence-corrected chi connectivity index (χ0v) is 17.9. The summed E-state index contributed by atoms with van der Waals surface area (Å²) in [4.78, 5) is 27.6. The largest absolute Gasteiger partial charge is 1.00 e. The van der Waals surface area contributed by atoms with Crippen LogP contribution in [0.1, 0.15) is 20.3 Å². The van der Waals surface area contributed by atoms with Crippen LogP contribution in [0.4, 0.5) is 0 Å². The first-order chi connectivity index (χ1) is 10.9. The van der Waals surface area contributed by atoms with E-state index in [1.807, 2.05) is 0 Å². The third kappa shape index (κ3) is 3.97. The highest BCUT2D eigenvalue weighted by Gasteiger charge is 2.64. The molecule has 8 heteroatoms. The van der Waals surface area contributed by atoms with Crippen LogP contribution >= 0.6 is 15.9 Å². The first kappa shape index (κ1) is 21.9. The average molecular weight is 472 g/mol. The van der Waals surface area contributed by atoms with Crippen molar-refractivity contribution in [3.05, 3.63) is 0 Å². The van der Waals surface area contributed by atoms with Crippen LogP contribution in [-0.4, -0.2) is 85.7 Å². The SMILES string of the molecule is CCOC(=O)C1(C(=O)OCC)CC(CBr)[N+]2(CCN(C)CC2)C1.[Br-]. The highest BCUT2D eigenvalue weighted by atomic mass is 79.9. The van der Waals surface area contributed by atoms with Gasteiger partial charge in [0.15, 0.2) is 0 Å². The summed E-state index contributed by atoms with van der Waals surface area (Å²) in [6.45, 7) is 8.46. The molecule has 2 aliphatic rings. The van der Waals surface area contributed by atoms with Crippen molar-refractivity contribution >= 4 is 27.9 Å². The Hall–Kier alpha value is -0.180. The van der Waals surface area contributed by atoms with Crippen LogP contribution in [0.15, 0.2) is 0 Å². The van der Waals surface area contributed by atoms with E-state index in [9.17, 15) is 9.59 Å². The lowest BCUT2D eigenvalue weighted by Crippen LogP contribution is -3.00. The fraction of sp³-hybridized carbons (Fsp3) is 0.875. The van der Waals surface area contributed by atoms with Crippen LogP contribution in [0.3, 0.4) is 0 Å². The minimum Gasteiger partial charge on any atom is -1.00 e. The average Bonchev–Trinajstić information content (AvgIpc) is 2.87. The van der Waals surface area contributed by atoms with E-state index in [1.54, 1.807) is 13.8 Å². The molecule has 24 heavy (non-hydrogen) atoms. The van der Waals surface area contributed by atoms with Gasteiger partial charge in [0, 0.05) is 19.5 Å². The molecule has 1 atom stereocenters. The molecule has 2 rings (SSSR count). The normalized spacial score (nSPS) is 25.1. The van der Waals surface area contributed by atoms with Crippen molar-refractivity contribution in [1.82, 2.24) is 4.90 Å². The molecule has 2 aliphatic heterocycles. The van der Waals surface area contributed by atoms with Gasteiger partial charge < -0.3 is 30.9 Å². The molecule has 0 aliphatic carbocycles. The molecule has 1 unspecified atom stereocenters. The van der Waals surface area contributed by atoms with Crippen molar-refractivity contribution in [2.45, 2.75) is 26.3 Å². The number of quaternary nitrogens is 1. The fourth-order valence-corrected chi connectivity index (χ4v) is 4.78. The van der Waals surface area contributed by atoms with Crippen molar-refractivity contribution in [3.8, 4) is 0 Å². The Morgan fingerprint density at radius 1 is 1.17 bits per heavy atom. The van der Waals surface area contributed by atoms with E-state index in [2.05, 4.69) is 27.9 Å². The molecule has 0 radical (unpaired) electrons. The smallest absolute Gasteiger partial charge is 0.329 e. The van der Waals surface area contributed by atoms with E-state index in [0.29, 0.717) is 13.0 Å². The summed E-state index contributed by atoms with van der Waals surface area (Å²) in [7, 11) is 2.11. The summed E-state index contributed by atoms with van der Waals surface area (Å²) in [5.74, 6) is -0.836. The van der Waals surface area contributed by atoms with Gasteiger partial charge in [-0.3, -0.25) is 14.5 Å². The minimum atomic E-state index is -1.15. The molecule has 0 saturated carbocycles. The lowest BCUT2D eigenvalue weighted by molar-refractivity contribution is -0.941. The van der Waals surface area contributed by atoms with Gasteiger partial charge in [0.25, 0.3) is 0 Å². The van der Waals surface area contributed by atoms with Crippen LogP contribution in [0.2, 0.25) is 0 Å². The van der Waals surface area contributed by atoms with Gasteiger partial charge in [0.05, 0.1) is 31.6 Å². The van der Waals surface area contributed by atoms with E-state index in [-0.39, 0.29) is 36.2 Å². The Morgan fingerprint density at radius 3 is 2.08 bits per heavy atom. The number of hydrogen-bond acceptors (Lipinski definition) is 5. The van der Waals surface area contributed by atoms with Gasteiger partial charge in [-0.15, -0.1) is 0 Å². The first-order valence-corrected chi connectivity index (χ1v) is 9.51. The van der Waals surface area contributed by atoms with Gasteiger partial charge in [0.2, 0.25) is 5.41 Å². The zero-order chi connectivity index (χ0) is 17.1.